The van der Waals surface area contributed by atoms with Gasteiger partial charge in [0.2, 0.25) is 10.0 Å². The SMILES string of the molecule is Cc1ccc(C)c(S(=O)(=O)NC2CCCCC2N)c1. The number of rotatable bonds is 3. The van der Waals surface area contributed by atoms with Gasteiger partial charge < -0.3 is 5.73 Å². The second-order valence-electron chi connectivity index (χ2n) is 5.45. The largest absolute Gasteiger partial charge is 0.326 e. The first-order chi connectivity index (χ1) is 8.90. The maximum absolute atomic E-state index is 12.5. The average Bonchev–Trinajstić information content (AvgIpc) is 2.35. The van der Waals surface area contributed by atoms with Crippen molar-refractivity contribution in [3.63, 3.8) is 0 Å². The van der Waals surface area contributed by atoms with Crippen LogP contribution in [0.4, 0.5) is 0 Å². The van der Waals surface area contributed by atoms with Gasteiger partial charge in [-0.1, -0.05) is 25.0 Å². The van der Waals surface area contributed by atoms with E-state index in [2.05, 4.69) is 4.72 Å². The fraction of sp³-hybridized carbons (Fsp3) is 0.571. The minimum Gasteiger partial charge on any atom is -0.326 e. The summed E-state index contributed by atoms with van der Waals surface area (Å²) >= 11 is 0. The molecule has 0 aliphatic heterocycles. The van der Waals surface area contributed by atoms with Crippen LogP contribution in [0.5, 0.6) is 0 Å². The third-order valence-corrected chi connectivity index (χ3v) is 5.39. The molecule has 4 nitrogen and oxygen atoms in total. The van der Waals surface area contributed by atoms with Gasteiger partial charge in [0.05, 0.1) is 4.90 Å². The molecule has 1 aromatic carbocycles. The van der Waals surface area contributed by atoms with Gasteiger partial charge in [-0.15, -0.1) is 0 Å². The van der Waals surface area contributed by atoms with E-state index in [4.69, 9.17) is 5.73 Å². The maximum atomic E-state index is 12.5. The molecule has 19 heavy (non-hydrogen) atoms. The molecule has 2 unspecified atom stereocenters. The number of nitrogens with two attached hydrogens (primary N) is 1. The minimum absolute atomic E-state index is 0.0753. The van der Waals surface area contributed by atoms with Crippen molar-refractivity contribution in [2.45, 2.75) is 56.5 Å². The third kappa shape index (κ3) is 3.35. The highest BCUT2D eigenvalue weighted by Crippen LogP contribution is 2.21. The van der Waals surface area contributed by atoms with Gasteiger partial charge in [0, 0.05) is 12.1 Å². The predicted molar refractivity (Wildman–Crippen MR) is 76.5 cm³/mol. The predicted octanol–water partition coefficient (Wildman–Crippen LogP) is 1.85. The van der Waals surface area contributed by atoms with Gasteiger partial charge >= 0.3 is 0 Å². The third-order valence-electron chi connectivity index (χ3n) is 3.76. The molecule has 2 rings (SSSR count). The lowest BCUT2D eigenvalue weighted by molar-refractivity contribution is 0.361. The summed E-state index contributed by atoms with van der Waals surface area (Å²) in [4.78, 5) is 0.366. The standard InChI is InChI=1S/C14H22N2O2S/c1-10-7-8-11(2)14(9-10)19(17,18)16-13-6-4-3-5-12(13)15/h7-9,12-13,16H,3-6,15H2,1-2H3. The molecule has 0 radical (unpaired) electrons. The zero-order valence-corrected chi connectivity index (χ0v) is 12.3. The van der Waals surface area contributed by atoms with Crippen molar-refractivity contribution in [2.24, 2.45) is 5.73 Å². The Morgan fingerprint density at radius 3 is 2.58 bits per heavy atom. The molecule has 3 N–H and O–H groups in total. The molecule has 0 bridgehead atoms. The van der Waals surface area contributed by atoms with Crippen molar-refractivity contribution in [3.8, 4) is 0 Å². The summed E-state index contributed by atoms with van der Waals surface area (Å²) in [6.07, 6.45) is 3.84. The fourth-order valence-electron chi connectivity index (χ4n) is 2.57. The second-order valence-corrected chi connectivity index (χ2v) is 7.13. The average molecular weight is 282 g/mol. The Labute approximate surface area is 115 Å². The number of hydrogen-bond donors (Lipinski definition) is 2. The van der Waals surface area contributed by atoms with Crippen molar-refractivity contribution in [1.82, 2.24) is 4.72 Å². The molecule has 5 heteroatoms. The van der Waals surface area contributed by atoms with E-state index < -0.39 is 10.0 Å². The summed E-state index contributed by atoms with van der Waals surface area (Å²) < 4.78 is 27.7. The lowest BCUT2D eigenvalue weighted by Crippen LogP contribution is -2.49. The first-order valence-electron chi connectivity index (χ1n) is 6.75. The van der Waals surface area contributed by atoms with E-state index in [9.17, 15) is 8.42 Å². The summed E-state index contributed by atoms with van der Waals surface area (Å²) in [6.45, 7) is 3.71. The number of aryl methyl sites for hydroxylation is 2. The van der Waals surface area contributed by atoms with Crippen LogP contribution in [0.1, 0.15) is 36.8 Å². The molecule has 0 amide bonds. The summed E-state index contributed by atoms with van der Waals surface area (Å²) in [7, 11) is -3.48. The molecular formula is C14H22N2O2S. The molecule has 1 aliphatic carbocycles. The van der Waals surface area contributed by atoms with Crippen molar-refractivity contribution in [2.75, 3.05) is 0 Å². The van der Waals surface area contributed by atoms with Crippen molar-refractivity contribution < 1.29 is 8.42 Å². The van der Waals surface area contributed by atoms with Crippen LogP contribution in [-0.4, -0.2) is 20.5 Å². The Morgan fingerprint density at radius 1 is 1.21 bits per heavy atom. The van der Waals surface area contributed by atoms with Gasteiger partial charge in [-0.3, -0.25) is 0 Å². The van der Waals surface area contributed by atoms with Crippen LogP contribution in [0.15, 0.2) is 23.1 Å². The van der Waals surface area contributed by atoms with Crippen molar-refractivity contribution in [1.29, 1.82) is 0 Å². The zero-order chi connectivity index (χ0) is 14.0. The monoisotopic (exact) mass is 282 g/mol. The van der Waals surface area contributed by atoms with Crippen LogP contribution in [0.2, 0.25) is 0 Å². The van der Waals surface area contributed by atoms with E-state index in [0.29, 0.717) is 4.90 Å². The van der Waals surface area contributed by atoms with Crippen molar-refractivity contribution >= 4 is 10.0 Å². The summed E-state index contributed by atoms with van der Waals surface area (Å²) in [5.41, 5.74) is 7.71. The number of hydrogen-bond acceptors (Lipinski definition) is 3. The quantitative estimate of drug-likeness (QED) is 0.888. The van der Waals surface area contributed by atoms with Crippen molar-refractivity contribution in [3.05, 3.63) is 29.3 Å². The van der Waals surface area contributed by atoms with Gasteiger partial charge in [-0.05, 0) is 43.9 Å². The highest BCUT2D eigenvalue weighted by atomic mass is 32.2. The first-order valence-corrected chi connectivity index (χ1v) is 8.23. The van der Waals surface area contributed by atoms with Crippen LogP contribution in [0.3, 0.4) is 0 Å². The van der Waals surface area contributed by atoms with E-state index in [1.54, 1.807) is 6.07 Å². The Morgan fingerprint density at radius 2 is 1.89 bits per heavy atom. The Kier molecular flexibility index (Phi) is 4.28. The van der Waals surface area contributed by atoms with Crippen LogP contribution in [0, 0.1) is 13.8 Å². The van der Waals surface area contributed by atoms with Crippen LogP contribution >= 0.6 is 0 Å². The zero-order valence-electron chi connectivity index (χ0n) is 11.5. The molecule has 0 saturated heterocycles. The normalized spacial score (nSPS) is 24.4. The highest BCUT2D eigenvalue weighted by molar-refractivity contribution is 7.89. The van der Waals surface area contributed by atoms with E-state index in [-0.39, 0.29) is 12.1 Å². The molecule has 106 valence electrons. The lowest BCUT2D eigenvalue weighted by atomic mass is 9.92. The summed E-state index contributed by atoms with van der Waals surface area (Å²) in [5.74, 6) is 0. The van der Waals surface area contributed by atoms with Gasteiger partial charge in [0.15, 0.2) is 0 Å². The van der Waals surface area contributed by atoms with E-state index in [1.807, 2.05) is 26.0 Å². The second kappa shape index (κ2) is 5.61. The first kappa shape index (κ1) is 14.5. The minimum atomic E-state index is -3.48. The van der Waals surface area contributed by atoms with Gasteiger partial charge in [-0.2, -0.15) is 0 Å². The number of benzene rings is 1. The fourth-order valence-corrected chi connectivity index (χ4v) is 4.22. The highest BCUT2D eigenvalue weighted by Gasteiger charge is 2.27. The smallest absolute Gasteiger partial charge is 0.241 e. The molecule has 1 aromatic rings. The number of sulfonamides is 1. The van der Waals surface area contributed by atoms with E-state index in [1.165, 1.54) is 0 Å². The van der Waals surface area contributed by atoms with Gasteiger partial charge in [0.25, 0.3) is 0 Å². The van der Waals surface area contributed by atoms with Crippen LogP contribution in [-0.2, 0) is 10.0 Å². The number of nitrogens with one attached hydrogen (secondary N) is 1. The topological polar surface area (TPSA) is 72.2 Å². The molecule has 0 heterocycles. The molecule has 2 atom stereocenters. The maximum Gasteiger partial charge on any atom is 0.241 e. The summed E-state index contributed by atoms with van der Waals surface area (Å²) in [5, 5.41) is 0. The Balaban J connectivity index is 2.24. The van der Waals surface area contributed by atoms with Crippen LogP contribution in [0.25, 0.3) is 0 Å². The molecule has 1 fully saturated rings. The van der Waals surface area contributed by atoms with Gasteiger partial charge in [0.1, 0.15) is 0 Å². The molecular weight excluding hydrogens is 260 g/mol. The van der Waals surface area contributed by atoms with Gasteiger partial charge in [-0.25, -0.2) is 13.1 Å². The lowest BCUT2D eigenvalue weighted by Gasteiger charge is -2.29. The van der Waals surface area contributed by atoms with E-state index >= 15 is 0 Å². The Bertz CT molecular complexity index is 555. The molecule has 0 spiro atoms. The molecule has 1 saturated carbocycles. The van der Waals surface area contributed by atoms with E-state index in [0.717, 1.165) is 36.8 Å². The Hall–Kier alpha value is -0.910. The van der Waals surface area contributed by atoms with Crippen LogP contribution < -0.4 is 10.5 Å². The molecule has 1 aliphatic rings. The summed E-state index contributed by atoms with van der Waals surface area (Å²) in [6, 6.07) is 5.25. The molecule has 0 aromatic heterocycles.